The minimum absolute atomic E-state index is 0.134. The number of nitrogens with one attached hydrogen (secondary N) is 1. The molecule has 0 aliphatic heterocycles. The zero-order chi connectivity index (χ0) is 16.8. The van der Waals surface area contributed by atoms with Gasteiger partial charge < -0.3 is 15.2 Å². The van der Waals surface area contributed by atoms with Crippen LogP contribution in [0.1, 0.15) is 18.1 Å². The standard InChI is InChI=1S/C17H17Cl2NO3/c1-2-20-13-5-3-4-11(6-13)10-23-17-14(18)7-12(8-15(17)19)9-16(21)22/h3-8,20H,2,9-10H2,1H3,(H,21,22). The monoisotopic (exact) mass is 353 g/mol. The van der Waals surface area contributed by atoms with Crippen LogP contribution in [0.4, 0.5) is 5.69 Å². The Kier molecular flexibility index (Phi) is 6.13. The first-order chi connectivity index (χ1) is 11.0. The second-order valence-electron chi connectivity index (χ2n) is 4.98. The number of hydrogen-bond acceptors (Lipinski definition) is 3. The van der Waals surface area contributed by atoms with Gasteiger partial charge in [0, 0.05) is 12.2 Å². The maximum absolute atomic E-state index is 10.7. The number of ether oxygens (including phenoxy) is 1. The van der Waals surface area contributed by atoms with Gasteiger partial charge in [0.15, 0.2) is 5.75 Å². The van der Waals surface area contributed by atoms with Crippen molar-refractivity contribution in [2.75, 3.05) is 11.9 Å². The van der Waals surface area contributed by atoms with E-state index in [4.69, 9.17) is 33.0 Å². The number of hydrogen-bond donors (Lipinski definition) is 2. The van der Waals surface area contributed by atoms with Gasteiger partial charge in [-0.25, -0.2) is 0 Å². The summed E-state index contributed by atoms with van der Waals surface area (Å²) in [5.74, 6) is -0.581. The number of carbonyl (C=O) groups is 1. The molecular formula is C17H17Cl2NO3. The molecule has 0 heterocycles. The average molecular weight is 354 g/mol. The molecule has 0 spiro atoms. The highest BCUT2D eigenvalue weighted by molar-refractivity contribution is 6.37. The molecule has 0 atom stereocenters. The summed E-state index contributed by atoms with van der Waals surface area (Å²) in [6, 6.07) is 11.0. The van der Waals surface area contributed by atoms with E-state index < -0.39 is 5.97 Å². The van der Waals surface area contributed by atoms with Crippen molar-refractivity contribution in [2.45, 2.75) is 20.0 Å². The van der Waals surface area contributed by atoms with Gasteiger partial charge in [-0.15, -0.1) is 0 Å². The molecule has 0 saturated carbocycles. The number of benzene rings is 2. The summed E-state index contributed by atoms with van der Waals surface area (Å²) >= 11 is 12.3. The van der Waals surface area contributed by atoms with Crippen LogP contribution < -0.4 is 10.1 Å². The van der Waals surface area contributed by atoms with Crippen LogP contribution in [0.25, 0.3) is 0 Å². The molecule has 0 aromatic heterocycles. The summed E-state index contributed by atoms with van der Waals surface area (Å²) < 4.78 is 5.71. The third-order valence-corrected chi connectivity index (χ3v) is 3.67. The van der Waals surface area contributed by atoms with Crippen molar-refractivity contribution in [1.29, 1.82) is 0 Å². The van der Waals surface area contributed by atoms with Crippen molar-refractivity contribution >= 4 is 34.9 Å². The van der Waals surface area contributed by atoms with Gasteiger partial charge in [-0.05, 0) is 42.3 Å². The van der Waals surface area contributed by atoms with E-state index in [9.17, 15) is 4.79 Å². The molecule has 23 heavy (non-hydrogen) atoms. The molecular weight excluding hydrogens is 337 g/mol. The molecule has 0 unspecified atom stereocenters. The Hall–Kier alpha value is -1.91. The number of carboxylic acid groups (broad SMARTS) is 1. The lowest BCUT2D eigenvalue weighted by Crippen LogP contribution is -2.02. The smallest absolute Gasteiger partial charge is 0.307 e. The lowest BCUT2D eigenvalue weighted by Gasteiger charge is -2.12. The van der Waals surface area contributed by atoms with Crippen LogP contribution in [-0.2, 0) is 17.8 Å². The van der Waals surface area contributed by atoms with Crippen LogP contribution >= 0.6 is 23.2 Å². The minimum Gasteiger partial charge on any atom is -0.486 e. The number of halogens is 2. The van der Waals surface area contributed by atoms with Crippen molar-refractivity contribution in [1.82, 2.24) is 0 Å². The van der Waals surface area contributed by atoms with Crippen LogP contribution in [-0.4, -0.2) is 17.6 Å². The molecule has 0 bridgehead atoms. The molecule has 0 saturated heterocycles. The highest BCUT2D eigenvalue weighted by Gasteiger charge is 2.12. The first kappa shape index (κ1) is 17.4. The van der Waals surface area contributed by atoms with E-state index in [-0.39, 0.29) is 6.42 Å². The number of carboxylic acids is 1. The Morgan fingerprint density at radius 1 is 1.17 bits per heavy atom. The number of anilines is 1. The SMILES string of the molecule is CCNc1cccc(COc2c(Cl)cc(CC(=O)O)cc2Cl)c1. The predicted molar refractivity (Wildman–Crippen MR) is 92.7 cm³/mol. The molecule has 4 nitrogen and oxygen atoms in total. The Morgan fingerprint density at radius 3 is 2.48 bits per heavy atom. The second kappa shape index (κ2) is 8.09. The number of rotatable bonds is 7. The van der Waals surface area contributed by atoms with Gasteiger partial charge in [-0.1, -0.05) is 35.3 Å². The van der Waals surface area contributed by atoms with Gasteiger partial charge in [-0.3, -0.25) is 4.79 Å². The van der Waals surface area contributed by atoms with E-state index in [0.717, 1.165) is 17.8 Å². The first-order valence-corrected chi connectivity index (χ1v) is 7.90. The molecule has 2 N–H and O–H groups in total. The zero-order valence-electron chi connectivity index (χ0n) is 12.6. The van der Waals surface area contributed by atoms with Gasteiger partial charge in [0.1, 0.15) is 6.61 Å². The van der Waals surface area contributed by atoms with Crippen molar-refractivity contribution < 1.29 is 14.6 Å². The highest BCUT2D eigenvalue weighted by atomic mass is 35.5. The van der Waals surface area contributed by atoms with E-state index in [1.807, 2.05) is 31.2 Å². The molecule has 122 valence electrons. The lowest BCUT2D eigenvalue weighted by molar-refractivity contribution is -0.136. The molecule has 2 rings (SSSR count). The summed E-state index contributed by atoms with van der Waals surface area (Å²) in [6.45, 7) is 3.19. The van der Waals surface area contributed by atoms with Gasteiger partial charge in [0.05, 0.1) is 16.5 Å². The first-order valence-electron chi connectivity index (χ1n) is 7.15. The topological polar surface area (TPSA) is 58.6 Å². The van der Waals surface area contributed by atoms with Gasteiger partial charge >= 0.3 is 5.97 Å². The number of aliphatic carboxylic acids is 1. The Labute approximate surface area is 145 Å². The summed E-state index contributed by atoms with van der Waals surface area (Å²) in [7, 11) is 0. The van der Waals surface area contributed by atoms with Crippen molar-refractivity contribution in [3.63, 3.8) is 0 Å². The summed E-state index contributed by atoms with van der Waals surface area (Å²) in [6.07, 6.45) is -0.134. The maximum Gasteiger partial charge on any atom is 0.307 e. The molecule has 0 radical (unpaired) electrons. The van der Waals surface area contributed by atoms with Crippen molar-refractivity contribution in [3.05, 3.63) is 57.6 Å². The quantitative estimate of drug-likeness (QED) is 0.761. The third-order valence-electron chi connectivity index (χ3n) is 3.10. The van der Waals surface area contributed by atoms with Crippen LogP contribution in [0, 0.1) is 0 Å². The predicted octanol–water partition coefficient (Wildman–Crippen LogP) is 4.63. The van der Waals surface area contributed by atoms with Crippen LogP contribution in [0.15, 0.2) is 36.4 Å². The molecule has 0 aliphatic rings. The van der Waals surface area contributed by atoms with Gasteiger partial charge in [-0.2, -0.15) is 0 Å². The van der Waals surface area contributed by atoms with E-state index >= 15 is 0 Å². The fourth-order valence-corrected chi connectivity index (χ4v) is 2.80. The van der Waals surface area contributed by atoms with E-state index in [1.165, 1.54) is 0 Å². The zero-order valence-corrected chi connectivity index (χ0v) is 14.1. The molecule has 0 aliphatic carbocycles. The second-order valence-corrected chi connectivity index (χ2v) is 5.79. The largest absolute Gasteiger partial charge is 0.486 e. The van der Waals surface area contributed by atoms with Crippen LogP contribution in [0.3, 0.4) is 0 Å². The summed E-state index contributed by atoms with van der Waals surface area (Å²) in [4.78, 5) is 10.7. The normalized spacial score (nSPS) is 10.4. The Morgan fingerprint density at radius 2 is 1.87 bits per heavy atom. The highest BCUT2D eigenvalue weighted by Crippen LogP contribution is 2.35. The molecule has 6 heteroatoms. The maximum atomic E-state index is 10.7. The van der Waals surface area contributed by atoms with E-state index in [1.54, 1.807) is 12.1 Å². The fourth-order valence-electron chi connectivity index (χ4n) is 2.16. The van der Waals surface area contributed by atoms with Crippen LogP contribution in [0.5, 0.6) is 5.75 Å². The van der Waals surface area contributed by atoms with E-state index in [0.29, 0.717) is 28.0 Å². The van der Waals surface area contributed by atoms with Crippen LogP contribution in [0.2, 0.25) is 10.0 Å². The average Bonchev–Trinajstić information content (AvgIpc) is 2.46. The minimum atomic E-state index is -0.939. The van der Waals surface area contributed by atoms with E-state index in [2.05, 4.69) is 5.32 Å². The van der Waals surface area contributed by atoms with Crippen molar-refractivity contribution in [2.24, 2.45) is 0 Å². The molecule has 0 fully saturated rings. The lowest BCUT2D eigenvalue weighted by atomic mass is 10.1. The Balaban J connectivity index is 2.11. The molecule has 2 aromatic carbocycles. The van der Waals surface area contributed by atoms with Gasteiger partial charge in [0.2, 0.25) is 0 Å². The Bertz CT molecular complexity index is 681. The van der Waals surface area contributed by atoms with Crippen molar-refractivity contribution in [3.8, 4) is 5.75 Å². The van der Waals surface area contributed by atoms with Gasteiger partial charge in [0.25, 0.3) is 0 Å². The summed E-state index contributed by atoms with van der Waals surface area (Å²) in [5, 5.41) is 12.7. The molecule has 2 aromatic rings. The fraction of sp³-hybridized carbons (Fsp3) is 0.235. The third kappa shape index (κ3) is 5.05. The summed E-state index contributed by atoms with van der Waals surface area (Å²) in [5.41, 5.74) is 2.53. The molecule has 0 amide bonds.